The van der Waals surface area contributed by atoms with E-state index in [1.807, 2.05) is 0 Å². The molecule has 1 aromatic rings. The highest BCUT2D eigenvalue weighted by Crippen LogP contribution is 2.12. The van der Waals surface area contributed by atoms with Gasteiger partial charge < -0.3 is 14.6 Å². The van der Waals surface area contributed by atoms with E-state index in [1.165, 1.54) is 12.1 Å². The number of ether oxygens (including phenoxy) is 2. The zero-order chi connectivity index (χ0) is 27.6. The van der Waals surface area contributed by atoms with Crippen molar-refractivity contribution < 1.29 is 46.4 Å². The van der Waals surface area contributed by atoms with Crippen molar-refractivity contribution in [3.8, 4) is 0 Å². The van der Waals surface area contributed by atoms with Gasteiger partial charge in [0.15, 0.2) is 0 Å². The van der Waals surface area contributed by atoms with Gasteiger partial charge in [0, 0.05) is 14.1 Å². The predicted molar refractivity (Wildman–Crippen MR) is 75.2 cm³/mol. The molecule has 0 amide bonds. The summed E-state index contributed by atoms with van der Waals surface area (Å²) in [6.45, 7) is -12.0. The van der Waals surface area contributed by atoms with Gasteiger partial charge in [-0.2, -0.15) is 8.42 Å². The van der Waals surface area contributed by atoms with Gasteiger partial charge in [0.2, 0.25) is 0 Å². The molecule has 0 aliphatic carbocycles. The fourth-order valence-electron chi connectivity index (χ4n) is 0.869. The summed E-state index contributed by atoms with van der Waals surface area (Å²) in [6, 6.07) is 5.20. The van der Waals surface area contributed by atoms with Crippen LogP contribution in [0.2, 0.25) is 0 Å². The molecule has 0 bridgehead atoms. The molecule has 7 heteroatoms. The second kappa shape index (κ2) is 10.8. The van der Waals surface area contributed by atoms with Gasteiger partial charge in [0.05, 0.1) is 50.3 Å². The second-order valence-electron chi connectivity index (χ2n) is 2.97. The van der Waals surface area contributed by atoms with Crippen LogP contribution in [0.3, 0.4) is 0 Å². The smallest absolute Gasteiger partial charge is 0.297 e. The molecule has 0 spiro atoms. The third-order valence-electron chi connectivity index (χ3n) is 1.65. The van der Waals surface area contributed by atoms with Crippen LogP contribution < -0.4 is 0 Å². The molecular weight excluding hydrogens is 284 g/mol. The largest absolute Gasteiger partial charge is 0.394 e. The molecule has 0 aliphatic heterocycles. The minimum Gasteiger partial charge on any atom is -0.394 e. The average Bonchev–Trinajstić information content (AvgIpc) is 2.49. The fraction of sp³-hybridized carbons (Fsp3) is 0.538. The molecule has 6 nitrogen and oxygen atoms in total. The third kappa shape index (κ3) is 8.23. The van der Waals surface area contributed by atoms with E-state index in [0.717, 1.165) is 17.7 Å². The molecule has 0 radical (unpaired) electrons. The van der Waals surface area contributed by atoms with Crippen LogP contribution in [0.1, 0.15) is 24.8 Å². The van der Waals surface area contributed by atoms with Crippen molar-refractivity contribution in [1.29, 1.82) is 0 Å². The van der Waals surface area contributed by atoms with Crippen molar-refractivity contribution in [2.75, 3.05) is 40.3 Å². The number of hydrogen-bond donors (Lipinski definition) is 1. The Labute approximate surface area is 140 Å². The van der Waals surface area contributed by atoms with Crippen LogP contribution in [-0.4, -0.2) is 53.8 Å². The maximum Gasteiger partial charge on any atom is 0.297 e. The Morgan fingerprint density at radius 1 is 1.15 bits per heavy atom. The Morgan fingerprint density at radius 2 is 1.75 bits per heavy atom. The van der Waals surface area contributed by atoms with Crippen molar-refractivity contribution in [1.82, 2.24) is 0 Å². The van der Waals surface area contributed by atoms with Gasteiger partial charge in [-0.05, 0) is 19.1 Å². The monoisotopic (exact) mass is 320 g/mol. The summed E-state index contributed by atoms with van der Waals surface area (Å²) in [7, 11) is -11.0. The van der Waals surface area contributed by atoms with E-state index in [9.17, 15) is 8.42 Å². The van der Waals surface area contributed by atoms with Crippen molar-refractivity contribution in [2.24, 2.45) is 0 Å². The lowest BCUT2D eigenvalue weighted by Gasteiger charge is -2.04. The number of methoxy groups -OCH3 is 2. The molecule has 0 aromatic heterocycles. The first-order chi connectivity index (χ1) is 14.6. The summed E-state index contributed by atoms with van der Waals surface area (Å²) in [4.78, 5) is -0.397. The lowest BCUT2D eigenvalue weighted by molar-refractivity contribution is 0.135. The summed E-state index contributed by atoms with van der Waals surface area (Å²) in [5.41, 5.74) is 0.753. The van der Waals surface area contributed by atoms with Gasteiger partial charge in [-0.3, -0.25) is 4.18 Å². The number of rotatable bonds is 7. The van der Waals surface area contributed by atoms with Gasteiger partial charge in [-0.15, -0.1) is 0 Å². The lowest BCUT2D eigenvalue weighted by Crippen LogP contribution is -2.10. The molecule has 0 unspecified atom stereocenters. The van der Waals surface area contributed by atoms with Crippen LogP contribution in [0.5, 0.6) is 0 Å². The van der Waals surface area contributed by atoms with Crippen LogP contribution >= 0.6 is 0 Å². The van der Waals surface area contributed by atoms with E-state index < -0.39 is 55.3 Å². The van der Waals surface area contributed by atoms with Crippen LogP contribution in [0.4, 0.5) is 0 Å². The topological polar surface area (TPSA) is 82.1 Å². The molecule has 20 heavy (non-hydrogen) atoms. The molecule has 0 aliphatic rings. The summed E-state index contributed by atoms with van der Waals surface area (Å²) in [6.07, 6.45) is 0. The summed E-state index contributed by atoms with van der Waals surface area (Å²) < 4.78 is 131. The molecule has 0 fully saturated rings. The van der Waals surface area contributed by atoms with E-state index in [4.69, 9.17) is 24.3 Å². The first kappa shape index (κ1) is 6.02. The van der Waals surface area contributed by atoms with Crippen LogP contribution in [-0.2, 0) is 23.8 Å². The maximum absolute atomic E-state index is 11.9. The Hall–Kier alpha value is -0.990. The van der Waals surface area contributed by atoms with Crippen LogP contribution in [0.15, 0.2) is 29.2 Å². The van der Waals surface area contributed by atoms with Gasteiger partial charge >= 0.3 is 0 Å². The zero-order valence-corrected chi connectivity index (χ0v) is 11.0. The van der Waals surface area contributed by atoms with E-state index in [-0.39, 0.29) is 0 Å². The van der Waals surface area contributed by atoms with Gasteiger partial charge in [-0.1, -0.05) is 17.7 Å². The number of aliphatic hydroxyl groups is 1. The predicted octanol–water partition coefficient (Wildman–Crippen LogP) is 0.972. The standard InChI is InChI=1S/C10H14O4S.C3H8O2/c1-9-3-5-10(6-4-9)15(11,12)14-8-7-13-2;1-5-3-2-4/h3-6H,7-8H2,1-2H3;4H,2-3H2,1H3/i2D3,7D2,8D2;1D3,2D2,3D2. The first-order valence-corrected chi connectivity index (χ1v) is 6.18. The molecule has 1 N–H and O–H groups in total. The van der Waals surface area contributed by atoms with Gasteiger partial charge in [0.25, 0.3) is 10.1 Å². The number of aryl methyl sites for hydroxylation is 1. The molecule has 1 aromatic carbocycles. The normalized spacial score (nSPS) is 25.3. The highest BCUT2D eigenvalue weighted by atomic mass is 32.2. The third-order valence-corrected chi connectivity index (χ3v) is 2.80. The van der Waals surface area contributed by atoms with E-state index in [2.05, 4.69) is 13.7 Å². The molecule has 0 heterocycles. The Morgan fingerprint density at radius 3 is 2.25 bits per heavy atom. The first-order valence-electron chi connectivity index (χ1n) is 11.8. The highest BCUT2D eigenvalue weighted by Gasteiger charge is 2.13. The number of hydrogen-bond acceptors (Lipinski definition) is 6. The zero-order valence-electron chi connectivity index (χ0n) is 24.2. The number of benzene rings is 1. The lowest BCUT2D eigenvalue weighted by atomic mass is 10.2. The molecular formula is C13H22O6S. The minimum atomic E-state index is -4.65. The van der Waals surface area contributed by atoms with Crippen LogP contribution in [0, 0.1) is 6.92 Å². The quantitative estimate of drug-likeness (QED) is 0.754. The van der Waals surface area contributed by atoms with Crippen molar-refractivity contribution in [3.63, 3.8) is 0 Å². The summed E-state index contributed by atoms with van der Waals surface area (Å²) >= 11 is 0. The molecule has 1 rings (SSSR count). The van der Waals surface area contributed by atoms with Gasteiger partial charge in [-0.25, -0.2) is 0 Å². The van der Waals surface area contributed by atoms with Crippen molar-refractivity contribution in [3.05, 3.63) is 29.8 Å². The second-order valence-corrected chi connectivity index (χ2v) is 4.52. The molecule has 0 atom stereocenters. The Kier molecular flexibility index (Phi) is 3.24. The Balaban J connectivity index is 0.000000770. The fourth-order valence-corrected chi connectivity index (χ4v) is 1.58. The van der Waals surface area contributed by atoms with Crippen molar-refractivity contribution in [2.45, 2.75) is 11.8 Å². The molecule has 0 saturated carbocycles. The van der Waals surface area contributed by atoms with Gasteiger partial charge in [0.1, 0.15) is 0 Å². The minimum absolute atomic E-state index is 0.397. The molecule has 116 valence electrons. The summed E-state index contributed by atoms with van der Waals surface area (Å²) in [5.74, 6) is 0. The average molecular weight is 320 g/mol. The van der Waals surface area contributed by atoms with Crippen LogP contribution in [0.25, 0.3) is 0 Å². The molecule has 0 saturated heterocycles. The highest BCUT2D eigenvalue weighted by molar-refractivity contribution is 7.86. The van der Waals surface area contributed by atoms with E-state index in [1.54, 1.807) is 6.92 Å². The van der Waals surface area contributed by atoms with Crippen molar-refractivity contribution >= 4 is 10.1 Å². The van der Waals surface area contributed by atoms with E-state index >= 15 is 0 Å². The Bertz CT molecular complexity index is 902. The summed E-state index contributed by atoms with van der Waals surface area (Å²) in [5, 5.41) is 8.49. The SMILES string of the molecule is [2H]C([2H])([2H])OC([2H])([2H])C([2H])([2H])O.[2H]C([2H])([2H])OC([2H])([2H])C([2H])([2H])OS(=O)(=O)c1ccc(C)cc1. The van der Waals surface area contributed by atoms with E-state index in [0.29, 0.717) is 0 Å². The maximum atomic E-state index is 11.9.